The molecule has 218 valence electrons. The molecule has 5 rings (SSSR count). The number of amides is 3. The maximum absolute atomic E-state index is 13.2. The van der Waals surface area contributed by atoms with Crippen LogP contribution in [0.2, 0.25) is 5.02 Å². The summed E-state index contributed by atoms with van der Waals surface area (Å²) in [6.07, 6.45) is 3.62. The maximum Gasteiger partial charge on any atom is 0.287 e. The van der Waals surface area contributed by atoms with Crippen LogP contribution in [0.5, 0.6) is 0 Å². The number of aromatic nitrogens is 2. The maximum atomic E-state index is 13.2. The van der Waals surface area contributed by atoms with Gasteiger partial charge in [0.15, 0.2) is 20.6 Å². The predicted molar refractivity (Wildman–Crippen MR) is 154 cm³/mol. The highest BCUT2D eigenvalue weighted by molar-refractivity contribution is 7.92. The van der Waals surface area contributed by atoms with Gasteiger partial charge in [0.2, 0.25) is 11.8 Å². The number of benzene rings is 1. The van der Waals surface area contributed by atoms with Gasteiger partial charge in [-0.1, -0.05) is 23.7 Å². The first-order valence-corrected chi connectivity index (χ1v) is 15.2. The lowest BCUT2D eigenvalue weighted by atomic mass is 10.1. The zero-order valence-corrected chi connectivity index (χ0v) is 24.0. The molecule has 1 fully saturated rings. The average molecular weight is 610 g/mol. The number of likely N-dealkylation sites (tertiary alicyclic amines) is 1. The van der Waals surface area contributed by atoms with Gasteiger partial charge >= 0.3 is 0 Å². The minimum atomic E-state index is -3.60. The SMILES string of the molecule is O=C(N[C@@H](Cc1ccccn1)C(=O)NCC(=O)N1CCC(S(=O)(=O)c2ccccn2)CC1)c1cc2cc(Cl)ccc2o1. The van der Waals surface area contributed by atoms with Gasteiger partial charge in [0, 0.05) is 48.0 Å². The fourth-order valence-corrected chi connectivity index (χ4v) is 6.62. The van der Waals surface area contributed by atoms with Crippen molar-refractivity contribution in [2.75, 3.05) is 19.6 Å². The van der Waals surface area contributed by atoms with Crippen molar-refractivity contribution in [2.45, 2.75) is 35.6 Å². The summed E-state index contributed by atoms with van der Waals surface area (Å²) < 4.78 is 31.4. The Labute approximate surface area is 247 Å². The molecular weight excluding hydrogens is 582 g/mol. The van der Waals surface area contributed by atoms with E-state index >= 15 is 0 Å². The fourth-order valence-electron chi connectivity index (χ4n) is 4.79. The molecule has 13 heteroatoms. The van der Waals surface area contributed by atoms with E-state index in [1.807, 2.05) is 0 Å². The number of fused-ring (bicyclic) bond motifs is 1. The van der Waals surface area contributed by atoms with Gasteiger partial charge in [-0.05, 0) is 61.4 Å². The molecule has 0 saturated carbocycles. The molecule has 1 atom stereocenters. The topological polar surface area (TPSA) is 152 Å². The van der Waals surface area contributed by atoms with Crippen LogP contribution in [0.3, 0.4) is 0 Å². The number of furan rings is 1. The number of carbonyl (C=O) groups is 3. The highest BCUT2D eigenvalue weighted by Crippen LogP contribution is 2.24. The molecule has 4 aromatic rings. The molecule has 11 nitrogen and oxygen atoms in total. The Kier molecular flexibility index (Phi) is 8.83. The van der Waals surface area contributed by atoms with E-state index in [0.29, 0.717) is 21.7 Å². The number of carbonyl (C=O) groups excluding carboxylic acids is 3. The van der Waals surface area contributed by atoms with E-state index in [2.05, 4.69) is 20.6 Å². The normalized spacial score (nSPS) is 14.8. The summed E-state index contributed by atoms with van der Waals surface area (Å²) >= 11 is 6.03. The first-order chi connectivity index (χ1) is 20.2. The van der Waals surface area contributed by atoms with Gasteiger partial charge in [-0.15, -0.1) is 0 Å². The van der Waals surface area contributed by atoms with Crippen molar-refractivity contribution in [3.63, 3.8) is 0 Å². The Bertz CT molecular complexity index is 1690. The molecule has 1 saturated heterocycles. The first kappa shape index (κ1) is 29.2. The lowest BCUT2D eigenvalue weighted by molar-refractivity contribution is -0.133. The van der Waals surface area contributed by atoms with Crippen molar-refractivity contribution in [2.24, 2.45) is 0 Å². The summed E-state index contributed by atoms with van der Waals surface area (Å²) in [5.74, 6) is -1.53. The van der Waals surface area contributed by atoms with Gasteiger partial charge in [0.1, 0.15) is 11.6 Å². The molecule has 0 bridgehead atoms. The smallest absolute Gasteiger partial charge is 0.287 e. The molecule has 3 aromatic heterocycles. The van der Waals surface area contributed by atoms with Crippen molar-refractivity contribution in [1.29, 1.82) is 0 Å². The Morgan fingerprint density at radius 1 is 1.00 bits per heavy atom. The number of piperidine rings is 1. The van der Waals surface area contributed by atoms with Crippen molar-refractivity contribution in [3.05, 3.63) is 89.5 Å². The van der Waals surface area contributed by atoms with Crippen LogP contribution in [0.1, 0.15) is 29.1 Å². The molecule has 3 amide bonds. The van der Waals surface area contributed by atoms with Crippen LogP contribution >= 0.6 is 11.6 Å². The van der Waals surface area contributed by atoms with Crippen LogP contribution in [0.4, 0.5) is 0 Å². The van der Waals surface area contributed by atoms with E-state index in [-0.39, 0.29) is 55.6 Å². The third kappa shape index (κ3) is 6.77. The number of nitrogens with zero attached hydrogens (tertiary/aromatic N) is 3. The second-order valence-corrected chi connectivity index (χ2v) is 12.5. The summed E-state index contributed by atoms with van der Waals surface area (Å²) in [5, 5.41) is 5.81. The first-order valence-electron chi connectivity index (χ1n) is 13.3. The van der Waals surface area contributed by atoms with E-state index in [4.69, 9.17) is 16.0 Å². The van der Waals surface area contributed by atoms with E-state index < -0.39 is 32.9 Å². The van der Waals surface area contributed by atoms with Gasteiger partial charge in [-0.2, -0.15) is 0 Å². The van der Waals surface area contributed by atoms with Crippen LogP contribution in [0.25, 0.3) is 11.0 Å². The lowest BCUT2D eigenvalue weighted by Crippen LogP contribution is -2.51. The van der Waals surface area contributed by atoms with Crippen LogP contribution in [0.15, 0.2) is 82.5 Å². The average Bonchev–Trinajstić information content (AvgIpc) is 3.44. The third-order valence-corrected chi connectivity index (χ3v) is 9.45. The predicted octanol–water partition coefficient (Wildman–Crippen LogP) is 2.80. The minimum absolute atomic E-state index is 0.00527. The van der Waals surface area contributed by atoms with Crippen LogP contribution in [0, 0.1) is 0 Å². The van der Waals surface area contributed by atoms with Crippen molar-refractivity contribution in [1.82, 2.24) is 25.5 Å². The van der Waals surface area contributed by atoms with Crippen molar-refractivity contribution in [3.8, 4) is 0 Å². The highest BCUT2D eigenvalue weighted by Gasteiger charge is 2.34. The Morgan fingerprint density at radius 3 is 2.43 bits per heavy atom. The number of pyridine rings is 2. The van der Waals surface area contributed by atoms with Crippen molar-refractivity contribution >= 4 is 50.1 Å². The summed E-state index contributed by atoms with van der Waals surface area (Å²) in [4.78, 5) is 48.9. The molecule has 4 heterocycles. The van der Waals surface area contributed by atoms with Gasteiger partial charge in [-0.3, -0.25) is 19.4 Å². The fraction of sp³-hybridized carbons (Fsp3) is 0.276. The van der Waals surface area contributed by atoms with Gasteiger partial charge in [0.25, 0.3) is 5.91 Å². The number of rotatable bonds is 9. The molecule has 2 N–H and O–H groups in total. The molecule has 1 aromatic carbocycles. The standard InChI is InChI=1S/C29H28ClN5O6S/c30-20-7-8-24-19(15-20)16-25(41-24)29(38)34-23(17-21-5-1-3-11-31-21)28(37)33-18-27(36)35-13-9-22(10-14-35)42(39,40)26-6-2-4-12-32-26/h1-8,11-12,15-16,22-23H,9-10,13-14,17-18H2,(H,33,37)(H,34,38)/t23-/m0/s1. The quantitative estimate of drug-likeness (QED) is 0.294. The molecule has 1 aliphatic rings. The van der Waals surface area contributed by atoms with Crippen LogP contribution in [-0.4, -0.2) is 71.9 Å². The number of sulfone groups is 1. The van der Waals surface area contributed by atoms with Crippen LogP contribution < -0.4 is 10.6 Å². The van der Waals surface area contributed by atoms with Gasteiger partial charge < -0.3 is 20.0 Å². The van der Waals surface area contributed by atoms with Crippen LogP contribution in [-0.2, 0) is 25.8 Å². The monoisotopic (exact) mass is 609 g/mol. The summed E-state index contributed by atoms with van der Waals surface area (Å²) in [5.41, 5.74) is 1.04. The van der Waals surface area contributed by atoms with Crippen molar-refractivity contribution < 1.29 is 27.2 Å². The highest BCUT2D eigenvalue weighted by atomic mass is 35.5. The molecule has 0 spiro atoms. The number of hydrogen-bond acceptors (Lipinski definition) is 8. The minimum Gasteiger partial charge on any atom is -0.451 e. The third-order valence-electron chi connectivity index (χ3n) is 7.04. The molecule has 42 heavy (non-hydrogen) atoms. The van der Waals surface area contributed by atoms with Gasteiger partial charge in [-0.25, -0.2) is 13.4 Å². The largest absolute Gasteiger partial charge is 0.451 e. The summed E-state index contributed by atoms with van der Waals surface area (Å²) in [7, 11) is -3.60. The number of halogens is 1. The Hall–Kier alpha value is -4.29. The van der Waals surface area contributed by atoms with E-state index in [1.165, 1.54) is 23.2 Å². The molecule has 0 unspecified atom stereocenters. The Balaban J connectivity index is 1.20. The second-order valence-electron chi connectivity index (χ2n) is 9.85. The van der Waals surface area contributed by atoms with E-state index in [1.54, 1.807) is 54.7 Å². The molecule has 1 aliphatic heterocycles. The molecular formula is C29H28ClN5O6S. The summed E-state index contributed by atoms with van der Waals surface area (Å²) in [6.45, 7) is 0.152. The van der Waals surface area contributed by atoms with E-state index in [0.717, 1.165) is 0 Å². The number of hydrogen-bond donors (Lipinski definition) is 2. The zero-order chi connectivity index (χ0) is 29.7. The lowest BCUT2D eigenvalue weighted by Gasteiger charge is -2.31. The van der Waals surface area contributed by atoms with E-state index in [9.17, 15) is 22.8 Å². The van der Waals surface area contributed by atoms with Gasteiger partial charge in [0.05, 0.1) is 11.8 Å². The number of nitrogens with one attached hydrogen (secondary N) is 2. The molecule has 0 radical (unpaired) electrons. The zero-order valence-electron chi connectivity index (χ0n) is 22.4. The summed E-state index contributed by atoms with van der Waals surface area (Å²) in [6, 6.07) is 15.4. The Morgan fingerprint density at radius 2 is 1.74 bits per heavy atom. The molecule has 0 aliphatic carbocycles. The second kappa shape index (κ2) is 12.7.